The molecule has 2 atom stereocenters. The van der Waals surface area contributed by atoms with E-state index in [-0.39, 0.29) is 24.5 Å². The molecule has 254 valence electrons. The SMILES string of the molecule is CC(C)(C)OC(=O)N1CC(N2CCC(N3CC[C@@H](n4c(=O)n(-c5ccc(Oc6ccccc6)cc5)c5c(N)ncnc54)[C@H](F)C3)CC2)C1. The summed E-state index contributed by atoms with van der Waals surface area (Å²) in [7, 11) is 0. The maximum atomic E-state index is 16.2. The Kier molecular flexibility index (Phi) is 8.58. The highest BCUT2D eigenvalue weighted by molar-refractivity contribution is 5.84. The third-order valence-corrected chi connectivity index (χ3v) is 9.67. The van der Waals surface area contributed by atoms with E-state index in [0.29, 0.717) is 60.4 Å². The minimum atomic E-state index is -1.26. The number of carbonyl (C=O) groups is 1. The Morgan fingerprint density at radius 1 is 0.875 bits per heavy atom. The largest absolute Gasteiger partial charge is 0.457 e. The Hall–Kier alpha value is -4.49. The van der Waals surface area contributed by atoms with Crippen molar-refractivity contribution in [3.05, 3.63) is 71.4 Å². The van der Waals surface area contributed by atoms with Gasteiger partial charge in [0.2, 0.25) is 0 Å². The molecule has 0 unspecified atom stereocenters. The third-order valence-electron chi connectivity index (χ3n) is 9.67. The molecule has 5 heterocycles. The summed E-state index contributed by atoms with van der Waals surface area (Å²) < 4.78 is 30.5. The predicted octanol–water partition coefficient (Wildman–Crippen LogP) is 4.63. The highest BCUT2D eigenvalue weighted by Crippen LogP contribution is 2.33. The van der Waals surface area contributed by atoms with E-state index in [4.69, 9.17) is 15.2 Å². The standard InChI is InChI=1S/C35H43FN8O4/c1-35(2,3)48-34(46)42-19-25(20-42)40-16-13-23(14-17-40)41-18-15-29(28(36)21-41)44-32-30(31(37)38-22-39-32)43(33(44)45)24-9-11-27(12-10-24)47-26-7-5-4-6-8-26/h4-12,22-23,25,28-29H,13-21H2,1-3H3,(H2,37,38,39)/t28-,29-/m1/s1. The Bertz CT molecular complexity index is 1810. The number of anilines is 1. The number of halogens is 1. The molecule has 2 N–H and O–H groups in total. The van der Waals surface area contributed by atoms with Crippen molar-refractivity contribution in [3.63, 3.8) is 0 Å². The molecule has 7 rings (SSSR count). The number of benzene rings is 2. The van der Waals surface area contributed by atoms with Crippen molar-refractivity contribution < 1.29 is 18.7 Å². The van der Waals surface area contributed by atoms with Crippen molar-refractivity contribution in [3.8, 4) is 17.2 Å². The topological polar surface area (TPSA) is 124 Å². The summed E-state index contributed by atoms with van der Waals surface area (Å²) in [5, 5.41) is 0. The first kappa shape index (κ1) is 32.1. The monoisotopic (exact) mass is 658 g/mol. The van der Waals surface area contributed by atoms with E-state index in [1.807, 2.05) is 51.1 Å². The number of fused-ring (bicyclic) bond motifs is 1. The van der Waals surface area contributed by atoms with Crippen LogP contribution < -0.4 is 16.2 Å². The number of para-hydroxylation sites is 1. The Morgan fingerprint density at radius 3 is 2.21 bits per heavy atom. The summed E-state index contributed by atoms with van der Waals surface area (Å²) in [6, 6.07) is 16.5. The minimum absolute atomic E-state index is 0.153. The zero-order chi connectivity index (χ0) is 33.6. The Morgan fingerprint density at radius 2 is 1.54 bits per heavy atom. The van der Waals surface area contributed by atoms with Gasteiger partial charge in [0, 0.05) is 51.4 Å². The van der Waals surface area contributed by atoms with Crippen molar-refractivity contribution >= 4 is 23.1 Å². The van der Waals surface area contributed by atoms with Crippen LogP contribution in [0.5, 0.6) is 11.5 Å². The number of imidazole rings is 1. The fourth-order valence-corrected chi connectivity index (χ4v) is 7.21. The molecule has 3 fully saturated rings. The normalized spacial score (nSPS) is 21.7. The van der Waals surface area contributed by atoms with Crippen LogP contribution in [0.25, 0.3) is 16.9 Å². The molecular weight excluding hydrogens is 615 g/mol. The Labute approximate surface area is 278 Å². The number of likely N-dealkylation sites (tertiary alicyclic amines) is 3. The van der Waals surface area contributed by atoms with Gasteiger partial charge < -0.3 is 20.1 Å². The molecule has 3 aliphatic rings. The van der Waals surface area contributed by atoms with E-state index in [1.54, 1.807) is 29.2 Å². The number of nitrogen functional groups attached to an aromatic ring is 1. The highest BCUT2D eigenvalue weighted by atomic mass is 19.1. The maximum absolute atomic E-state index is 16.2. The lowest BCUT2D eigenvalue weighted by atomic mass is 9.95. The number of carbonyl (C=O) groups excluding carboxylic acids is 1. The number of hydrogen-bond donors (Lipinski definition) is 1. The molecule has 0 bridgehead atoms. The molecule has 0 radical (unpaired) electrons. The molecule has 13 heteroatoms. The maximum Gasteiger partial charge on any atom is 0.410 e. The lowest BCUT2D eigenvalue weighted by Gasteiger charge is -2.49. The molecule has 4 aromatic rings. The van der Waals surface area contributed by atoms with Gasteiger partial charge in [0.1, 0.15) is 35.1 Å². The number of ether oxygens (including phenoxy) is 2. The van der Waals surface area contributed by atoms with Crippen molar-refractivity contribution in [2.45, 2.75) is 69.9 Å². The van der Waals surface area contributed by atoms with Gasteiger partial charge in [-0.25, -0.2) is 23.9 Å². The van der Waals surface area contributed by atoms with Crippen LogP contribution in [0.3, 0.4) is 0 Å². The van der Waals surface area contributed by atoms with Crippen LogP contribution in [0.15, 0.2) is 65.7 Å². The van der Waals surface area contributed by atoms with Crippen LogP contribution in [0, 0.1) is 0 Å². The number of nitrogens with two attached hydrogens (primary N) is 1. The van der Waals surface area contributed by atoms with Crippen LogP contribution in [-0.2, 0) is 4.74 Å². The fraction of sp³-hybridized carbons (Fsp3) is 0.486. The number of rotatable bonds is 6. The van der Waals surface area contributed by atoms with Gasteiger partial charge >= 0.3 is 11.8 Å². The van der Waals surface area contributed by atoms with E-state index in [2.05, 4.69) is 19.8 Å². The van der Waals surface area contributed by atoms with E-state index < -0.39 is 23.5 Å². The second-order valence-corrected chi connectivity index (χ2v) is 14.0. The van der Waals surface area contributed by atoms with Gasteiger partial charge in [0.15, 0.2) is 11.5 Å². The molecule has 3 aliphatic heterocycles. The lowest BCUT2D eigenvalue weighted by Crippen LogP contribution is -2.63. The van der Waals surface area contributed by atoms with Crippen LogP contribution >= 0.6 is 0 Å². The second kappa shape index (κ2) is 12.8. The summed E-state index contributed by atoms with van der Waals surface area (Å²) in [4.78, 5) is 41.4. The zero-order valence-electron chi connectivity index (χ0n) is 27.7. The number of nitrogens with zero attached hydrogens (tertiary/aromatic N) is 7. The summed E-state index contributed by atoms with van der Waals surface area (Å²) in [6.45, 7) is 9.73. The number of piperidine rings is 2. The first-order chi connectivity index (χ1) is 23.1. The van der Waals surface area contributed by atoms with Crippen molar-refractivity contribution in [1.82, 2.24) is 33.8 Å². The molecule has 12 nitrogen and oxygen atoms in total. The van der Waals surface area contributed by atoms with E-state index in [9.17, 15) is 9.59 Å². The predicted molar refractivity (Wildman–Crippen MR) is 180 cm³/mol. The molecule has 48 heavy (non-hydrogen) atoms. The third kappa shape index (κ3) is 6.36. The Balaban J connectivity index is 1.01. The van der Waals surface area contributed by atoms with Crippen molar-refractivity contribution in [2.24, 2.45) is 0 Å². The van der Waals surface area contributed by atoms with Crippen LogP contribution in [0.1, 0.15) is 46.1 Å². The van der Waals surface area contributed by atoms with Gasteiger partial charge in [-0.3, -0.25) is 18.9 Å². The minimum Gasteiger partial charge on any atom is -0.457 e. The highest BCUT2D eigenvalue weighted by Gasteiger charge is 2.41. The average molecular weight is 659 g/mol. The first-order valence-electron chi connectivity index (χ1n) is 16.7. The van der Waals surface area contributed by atoms with Gasteiger partial charge in [0.05, 0.1) is 11.7 Å². The molecule has 1 amide bonds. The van der Waals surface area contributed by atoms with Crippen molar-refractivity contribution in [2.75, 3.05) is 45.0 Å². The zero-order valence-corrected chi connectivity index (χ0v) is 27.7. The van der Waals surface area contributed by atoms with Gasteiger partial charge in [0.25, 0.3) is 0 Å². The number of amides is 1. The van der Waals surface area contributed by atoms with Crippen LogP contribution in [0.4, 0.5) is 15.0 Å². The quantitative estimate of drug-likeness (QED) is 0.316. The van der Waals surface area contributed by atoms with E-state index >= 15 is 4.39 Å². The molecule has 0 saturated carbocycles. The molecule has 0 spiro atoms. The van der Waals surface area contributed by atoms with Crippen LogP contribution in [0.2, 0.25) is 0 Å². The van der Waals surface area contributed by atoms with Gasteiger partial charge in [-0.15, -0.1) is 0 Å². The van der Waals surface area contributed by atoms with Crippen molar-refractivity contribution in [1.29, 1.82) is 0 Å². The average Bonchev–Trinajstić information content (AvgIpc) is 3.33. The number of alkyl halides is 1. The molecule has 2 aromatic carbocycles. The molecule has 0 aliphatic carbocycles. The number of hydrogen-bond acceptors (Lipinski definition) is 9. The summed E-state index contributed by atoms with van der Waals surface area (Å²) in [5.41, 5.74) is 6.66. The molecular formula is C35H43FN8O4. The van der Waals surface area contributed by atoms with E-state index in [0.717, 1.165) is 25.9 Å². The summed E-state index contributed by atoms with van der Waals surface area (Å²) >= 11 is 0. The lowest BCUT2D eigenvalue weighted by molar-refractivity contribution is -0.0287. The van der Waals surface area contributed by atoms with Gasteiger partial charge in [-0.2, -0.15) is 0 Å². The fourth-order valence-electron chi connectivity index (χ4n) is 7.21. The molecule has 3 saturated heterocycles. The smallest absolute Gasteiger partial charge is 0.410 e. The second-order valence-electron chi connectivity index (χ2n) is 14.0. The van der Waals surface area contributed by atoms with Gasteiger partial charge in [-0.05, 0) is 76.4 Å². The van der Waals surface area contributed by atoms with Gasteiger partial charge in [-0.1, -0.05) is 18.2 Å². The first-order valence-corrected chi connectivity index (χ1v) is 16.7. The van der Waals surface area contributed by atoms with Crippen LogP contribution in [-0.4, -0.2) is 103 Å². The molecule has 2 aromatic heterocycles. The van der Waals surface area contributed by atoms with E-state index in [1.165, 1.54) is 15.5 Å². The summed E-state index contributed by atoms with van der Waals surface area (Å²) in [6.07, 6.45) is 2.15. The number of aromatic nitrogens is 4. The summed E-state index contributed by atoms with van der Waals surface area (Å²) in [5.74, 6) is 1.47.